The second-order valence-corrected chi connectivity index (χ2v) is 5.79. The molecule has 0 saturated carbocycles. The van der Waals surface area contributed by atoms with Crippen molar-refractivity contribution < 1.29 is 9.32 Å². The monoisotopic (exact) mass is 252 g/mol. The summed E-state index contributed by atoms with van der Waals surface area (Å²) in [5.41, 5.74) is -0.149. The molecule has 1 fully saturated rings. The van der Waals surface area contributed by atoms with Crippen molar-refractivity contribution in [2.45, 2.75) is 39.2 Å². The predicted octanol–water partition coefficient (Wildman–Crippen LogP) is 0.764. The lowest BCUT2D eigenvalue weighted by Gasteiger charge is -2.26. The summed E-state index contributed by atoms with van der Waals surface area (Å²) in [7, 11) is 0. The van der Waals surface area contributed by atoms with Gasteiger partial charge in [0.15, 0.2) is 5.82 Å². The summed E-state index contributed by atoms with van der Waals surface area (Å²) in [6, 6.07) is -0.248. The smallest absolute Gasteiger partial charge is 0.248 e. The predicted molar refractivity (Wildman–Crippen MR) is 65.9 cm³/mol. The van der Waals surface area contributed by atoms with E-state index in [1.165, 1.54) is 0 Å². The molecule has 0 aliphatic carbocycles. The van der Waals surface area contributed by atoms with Crippen LogP contribution < -0.4 is 10.6 Å². The van der Waals surface area contributed by atoms with Crippen molar-refractivity contribution in [1.82, 2.24) is 20.8 Å². The van der Waals surface area contributed by atoms with E-state index >= 15 is 0 Å². The van der Waals surface area contributed by atoms with Gasteiger partial charge in [-0.2, -0.15) is 4.98 Å². The van der Waals surface area contributed by atoms with Crippen LogP contribution in [0.15, 0.2) is 4.52 Å². The topological polar surface area (TPSA) is 80.0 Å². The van der Waals surface area contributed by atoms with Gasteiger partial charge in [-0.15, -0.1) is 0 Å². The zero-order valence-corrected chi connectivity index (χ0v) is 11.3. The molecule has 6 heteroatoms. The highest BCUT2D eigenvalue weighted by molar-refractivity contribution is 5.80. The molecule has 2 rings (SSSR count). The molecule has 0 aromatic carbocycles. The minimum atomic E-state index is -0.248. The van der Waals surface area contributed by atoms with Gasteiger partial charge >= 0.3 is 0 Å². The van der Waals surface area contributed by atoms with Gasteiger partial charge in [0.2, 0.25) is 11.8 Å². The Morgan fingerprint density at radius 1 is 1.50 bits per heavy atom. The molecule has 0 spiro atoms. The van der Waals surface area contributed by atoms with Crippen molar-refractivity contribution in [1.29, 1.82) is 0 Å². The van der Waals surface area contributed by atoms with E-state index in [1.54, 1.807) is 0 Å². The van der Waals surface area contributed by atoms with Crippen LogP contribution in [-0.4, -0.2) is 29.1 Å². The van der Waals surface area contributed by atoms with E-state index in [0.717, 1.165) is 13.1 Å². The third-order valence-electron chi connectivity index (χ3n) is 2.99. The van der Waals surface area contributed by atoms with Crippen LogP contribution in [0.5, 0.6) is 0 Å². The molecule has 1 unspecified atom stereocenters. The van der Waals surface area contributed by atoms with E-state index in [9.17, 15) is 4.79 Å². The highest BCUT2D eigenvalue weighted by Gasteiger charge is 2.28. The van der Waals surface area contributed by atoms with Gasteiger partial charge in [0, 0.05) is 18.5 Å². The molecule has 1 saturated heterocycles. The maximum absolute atomic E-state index is 11.8. The normalized spacial score (nSPS) is 18.2. The zero-order chi connectivity index (χ0) is 13.3. The second kappa shape index (κ2) is 4.68. The SMILES string of the molecule is CC(NC(=O)C1CNC1)c1nc(C(C)(C)C)no1. The second-order valence-electron chi connectivity index (χ2n) is 5.79. The van der Waals surface area contributed by atoms with Crippen molar-refractivity contribution in [3.63, 3.8) is 0 Å². The molecule has 2 heterocycles. The van der Waals surface area contributed by atoms with Crippen LogP contribution in [0.2, 0.25) is 0 Å². The fourth-order valence-electron chi connectivity index (χ4n) is 1.58. The molecule has 0 bridgehead atoms. The molecule has 1 amide bonds. The van der Waals surface area contributed by atoms with Crippen molar-refractivity contribution in [2.24, 2.45) is 5.92 Å². The first-order chi connectivity index (χ1) is 8.38. The third kappa shape index (κ3) is 2.69. The van der Waals surface area contributed by atoms with Gasteiger partial charge in [0.25, 0.3) is 0 Å². The van der Waals surface area contributed by atoms with E-state index < -0.39 is 0 Å². The fraction of sp³-hybridized carbons (Fsp3) is 0.750. The van der Waals surface area contributed by atoms with Crippen LogP contribution in [0.4, 0.5) is 0 Å². The molecule has 1 aliphatic heterocycles. The van der Waals surface area contributed by atoms with Crippen LogP contribution in [0, 0.1) is 5.92 Å². The minimum Gasteiger partial charge on any atom is -0.344 e. The first kappa shape index (κ1) is 13.0. The van der Waals surface area contributed by atoms with E-state index in [1.807, 2.05) is 27.7 Å². The summed E-state index contributed by atoms with van der Waals surface area (Å²) < 4.78 is 5.19. The fourth-order valence-corrected chi connectivity index (χ4v) is 1.58. The van der Waals surface area contributed by atoms with Gasteiger partial charge in [0.05, 0.1) is 5.92 Å². The van der Waals surface area contributed by atoms with Crippen LogP contribution in [0.25, 0.3) is 0 Å². The lowest BCUT2D eigenvalue weighted by Crippen LogP contribution is -2.51. The molecule has 1 aliphatic rings. The average molecular weight is 252 g/mol. The lowest BCUT2D eigenvalue weighted by atomic mass is 9.96. The molecule has 1 aromatic heterocycles. The van der Waals surface area contributed by atoms with E-state index in [4.69, 9.17) is 4.52 Å². The number of carbonyl (C=O) groups is 1. The quantitative estimate of drug-likeness (QED) is 0.830. The highest BCUT2D eigenvalue weighted by Crippen LogP contribution is 2.20. The Morgan fingerprint density at radius 3 is 2.61 bits per heavy atom. The van der Waals surface area contributed by atoms with Crippen LogP contribution >= 0.6 is 0 Å². The maximum atomic E-state index is 11.8. The Kier molecular flexibility index (Phi) is 3.38. The van der Waals surface area contributed by atoms with Gasteiger partial charge < -0.3 is 15.2 Å². The van der Waals surface area contributed by atoms with Gasteiger partial charge in [-0.05, 0) is 6.92 Å². The molecule has 100 valence electrons. The average Bonchev–Trinajstić information content (AvgIpc) is 2.61. The molecular formula is C12H20N4O2. The minimum absolute atomic E-state index is 0.0387. The Hall–Kier alpha value is -1.43. The summed E-state index contributed by atoms with van der Waals surface area (Å²) in [5.74, 6) is 1.22. The van der Waals surface area contributed by atoms with E-state index in [-0.39, 0.29) is 23.3 Å². The Morgan fingerprint density at radius 2 is 2.17 bits per heavy atom. The van der Waals surface area contributed by atoms with Crippen molar-refractivity contribution in [3.05, 3.63) is 11.7 Å². The maximum Gasteiger partial charge on any atom is 0.248 e. The summed E-state index contributed by atoms with van der Waals surface area (Å²) in [6.45, 7) is 9.40. The number of carbonyl (C=O) groups excluding carboxylic acids is 1. The number of aromatic nitrogens is 2. The largest absolute Gasteiger partial charge is 0.344 e. The Labute approximate surface area is 107 Å². The number of amides is 1. The highest BCUT2D eigenvalue weighted by atomic mass is 16.5. The molecular weight excluding hydrogens is 232 g/mol. The van der Waals surface area contributed by atoms with Gasteiger partial charge in [-0.3, -0.25) is 4.79 Å². The van der Waals surface area contributed by atoms with Gasteiger partial charge in [0.1, 0.15) is 6.04 Å². The molecule has 0 radical (unpaired) electrons. The number of rotatable bonds is 3. The first-order valence-electron chi connectivity index (χ1n) is 6.23. The van der Waals surface area contributed by atoms with Gasteiger partial charge in [-0.1, -0.05) is 25.9 Å². The number of nitrogens with one attached hydrogen (secondary N) is 2. The third-order valence-corrected chi connectivity index (χ3v) is 2.99. The summed E-state index contributed by atoms with van der Waals surface area (Å²) in [6.07, 6.45) is 0. The van der Waals surface area contributed by atoms with E-state index in [0.29, 0.717) is 11.7 Å². The molecule has 1 atom stereocenters. The molecule has 6 nitrogen and oxygen atoms in total. The summed E-state index contributed by atoms with van der Waals surface area (Å²) in [5, 5.41) is 9.90. The molecule has 2 N–H and O–H groups in total. The number of hydrogen-bond donors (Lipinski definition) is 2. The Bertz CT molecular complexity index is 432. The summed E-state index contributed by atoms with van der Waals surface area (Å²) in [4.78, 5) is 16.1. The standard InChI is InChI=1S/C12H20N4O2/c1-7(14-9(17)8-5-13-6-8)10-15-11(16-18-10)12(2,3)4/h7-8,13H,5-6H2,1-4H3,(H,14,17). The van der Waals surface area contributed by atoms with Crippen molar-refractivity contribution in [2.75, 3.05) is 13.1 Å². The zero-order valence-electron chi connectivity index (χ0n) is 11.3. The van der Waals surface area contributed by atoms with E-state index in [2.05, 4.69) is 20.8 Å². The Balaban J connectivity index is 1.98. The van der Waals surface area contributed by atoms with Crippen LogP contribution in [0.1, 0.15) is 45.5 Å². The molecule has 1 aromatic rings. The van der Waals surface area contributed by atoms with Gasteiger partial charge in [-0.25, -0.2) is 0 Å². The first-order valence-corrected chi connectivity index (χ1v) is 6.23. The number of nitrogens with zero attached hydrogens (tertiary/aromatic N) is 2. The lowest BCUT2D eigenvalue weighted by molar-refractivity contribution is -0.127. The van der Waals surface area contributed by atoms with Crippen LogP contribution in [-0.2, 0) is 10.2 Å². The van der Waals surface area contributed by atoms with Crippen molar-refractivity contribution in [3.8, 4) is 0 Å². The summed E-state index contributed by atoms with van der Waals surface area (Å²) >= 11 is 0. The molecule has 18 heavy (non-hydrogen) atoms. The van der Waals surface area contributed by atoms with Crippen LogP contribution in [0.3, 0.4) is 0 Å². The number of hydrogen-bond acceptors (Lipinski definition) is 5. The van der Waals surface area contributed by atoms with Crippen molar-refractivity contribution >= 4 is 5.91 Å².